The SMILES string of the molecule is CN1CCCN(Cc2ccccc2F)CC1. The van der Waals surface area contributed by atoms with Gasteiger partial charge in [-0.3, -0.25) is 4.90 Å². The summed E-state index contributed by atoms with van der Waals surface area (Å²) in [6.45, 7) is 5.06. The second-order valence-electron chi connectivity index (χ2n) is 4.52. The molecule has 0 saturated carbocycles. The molecule has 88 valence electrons. The van der Waals surface area contributed by atoms with E-state index in [1.807, 2.05) is 12.1 Å². The van der Waals surface area contributed by atoms with Gasteiger partial charge in [0, 0.05) is 25.2 Å². The maximum absolute atomic E-state index is 13.5. The smallest absolute Gasteiger partial charge is 0.127 e. The predicted molar refractivity (Wildman–Crippen MR) is 63.8 cm³/mol. The van der Waals surface area contributed by atoms with Crippen molar-refractivity contribution in [2.24, 2.45) is 0 Å². The van der Waals surface area contributed by atoms with Gasteiger partial charge >= 0.3 is 0 Å². The van der Waals surface area contributed by atoms with Crippen LogP contribution < -0.4 is 0 Å². The summed E-state index contributed by atoms with van der Waals surface area (Å²) >= 11 is 0. The van der Waals surface area contributed by atoms with Gasteiger partial charge < -0.3 is 4.90 Å². The number of hydrogen-bond acceptors (Lipinski definition) is 2. The van der Waals surface area contributed by atoms with Gasteiger partial charge in [0.05, 0.1) is 0 Å². The summed E-state index contributed by atoms with van der Waals surface area (Å²) in [5, 5.41) is 0. The van der Waals surface area contributed by atoms with Crippen LogP contribution >= 0.6 is 0 Å². The molecule has 1 heterocycles. The lowest BCUT2D eigenvalue weighted by molar-refractivity contribution is 0.266. The largest absolute Gasteiger partial charge is 0.305 e. The molecule has 0 atom stereocenters. The second-order valence-corrected chi connectivity index (χ2v) is 4.52. The monoisotopic (exact) mass is 222 g/mol. The third kappa shape index (κ3) is 3.03. The third-order valence-corrected chi connectivity index (χ3v) is 3.16. The second kappa shape index (κ2) is 5.41. The van der Waals surface area contributed by atoms with Gasteiger partial charge in [-0.25, -0.2) is 4.39 Å². The molecule has 3 heteroatoms. The molecule has 0 bridgehead atoms. The number of rotatable bonds is 2. The first-order valence-corrected chi connectivity index (χ1v) is 5.90. The molecule has 2 rings (SSSR count). The Morgan fingerprint density at radius 1 is 1.12 bits per heavy atom. The van der Waals surface area contributed by atoms with E-state index < -0.39 is 0 Å². The maximum atomic E-state index is 13.5. The van der Waals surface area contributed by atoms with Crippen LogP contribution in [0.3, 0.4) is 0 Å². The maximum Gasteiger partial charge on any atom is 0.127 e. The first-order valence-electron chi connectivity index (χ1n) is 5.90. The fourth-order valence-corrected chi connectivity index (χ4v) is 2.13. The Labute approximate surface area is 96.7 Å². The Bertz CT molecular complexity index is 340. The lowest BCUT2D eigenvalue weighted by atomic mass is 10.2. The molecule has 1 fully saturated rings. The van der Waals surface area contributed by atoms with Crippen LogP contribution in [0.2, 0.25) is 0 Å². The van der Waals surface area contributed by atoms with Gasteiger partial charge in [0.1, 0.15) is 5.82 Å². The van der Waals surface area contributed by atoms with Crippen LogP contribution in [0, 0.1) is 5.82 Å². The Hall–Kier alpha value is -0.930. The minimum absolute atomic E-state index is 0.0832. The van der Waals surface area contributed by atoms with Crippen molar-refractivity contribution in [1.29, 1.82) is 0 Å². The molecule has 0 amide bonds. The lowest BCUT2D eigenvalue weighted by Crippen LogP contribution is -2.28. The highest BCUT2D eigenvalue weighted by Crippen LogP contribution is 2.11. The van der Waals surface area contributed by atoms with E-state index in [0.29, 0.717) is 0 Å². The molecule has 0 N–H and O–H groups in total. The van der Waals surface area contributed by atoms with Gasteiger partial charge in [0.25, 0.3) is 0 Å². The zero-order chi connectivity index (χ0) is 11.4. The van der Waals surface area contributed by atoms with E-state index in [9.17, 15) is 4.39 Å². The molecule has 0 aliphatic carbocycles. The highest BCUT2D eigenvalue weighted by Gasteiger charge is 2.13. The van der Waals surface area contributed by atoms with Crippen molar-refractivity contribution in [2.45, 2.75) is 13.0 Å². The molecule has 16 heavy (non-hydrogen) atoms. The van der Waals surface area contributed by atoms with E-state index in [1.54, 1.807) is 12.1 Å². The summed E-state index contributed by atoms with van der Waals surface area (Å²) in [7, 11) is 2.15. The molecule has 2 nitrogen and oxygen atoms in total. The molecular formula is C13H19FN2. The number of likely N-dealkylation sites (N-methyl/N-ethyl adjacent to an activating group) is 1. The quantitative estimate of drug-likeness (QED) is 0.755. The Kier molecular flexibility index (Phi) is 3.91. The normalized spacial score (nSPS) is 19.6. The van der Waals surface area contributed by atoms with Crippen molar-refractivity contribution in [3.05, 3.63) is 35.6 Å². The van der Waals surface area contributed by atoms with Crippen LogP contribution in [0.1, 0.15) is 12.0 Å². The van der Waals surface area contributed by atoms with Gasteiger partial charge in [-0.1, -0.05) is 18.2 Å². The molecular weight excluding hydrogens is 203 g/mol. The highest BCUT2D eigenvalue weighted by molar-refractivity contribution is 5.17. The van der Waals surface area contributed by atoms with Crippen LogP contribution in [0.15, 0.2) is 24.3 Å². The first-order chi connectivity index (χ1) is 7.75. The molecule has 1 aliphatic heterocycles. The summed E-state index contributed by atoms with van der Waals surface area (Å²) in [5.41, 5.74) is 0.812. The van der Waals surface area contributed by atoms with Crippen molar-refractivity contribution in [2.75, 3.05) is 33.2 Å². The van der Waals surface area contributed by atoms with Crippen LogP contribution in [0.5, 0.6) is 0 Å². The summed E-state index contributed by atoms with van der Waals surface area (Å²) in [5.74, 6) is -0.0832. The number of benzene rings is 1. The molecule has 0 spiro atoms. The Morgan fingerprint density at radius 3 is 2.75 bits per heavy atom. The van der Waals surface area contributed by atoms with E-state index in [4.69, 9.17) is 0 Å². The lowest BCUT2D eigenvalue weighted by Gasteiger charge is -2.20. The Balaban J connectivity index is 1.96. The molecule has 0 aromatic heterocycles. The van der Waals surface area contributed by atoms with E-state index in [1.165, 1.54) is 6.42 Å². The standard InChI is InChI=1S/C13H19FN2/c1-15-7-4-8-16(10-9-15)11-12-5-2-3-6-13(12)14/h2-3,5-6H,4,7-11H2,1H3. The van der Waals surface area contributed by atoms with Gasteiger partial charge in [-0.2, -0.15) is 0 Å². The van der Waals surface area contributed by atoms with Crippen molar-refractivity contribution in [1.82, 2.24) is 9.80 Å². The van der Waals surface area contributed by atoms with E-state index in [-0.39, 0.29) is 5.82 Å². The van der Waals surface area contributed by atoms with Crippen molar-refractivity contribution in [3.8, 4) is 0 Å². The zero-order valence-electron chi connectivity index (χ0n) is 9.82. The molecule has 1 aromatic rings. The van der Waals surface area contributed by atoms with Crippen LogP contribution in [-0.2, 0) is 6.54 Å². The predicted octanol–water partition coefficient (Wildman–Crippen LogP) is 1.96. The number of hydrogen-bond donors (Lipinski definition) is 0. The van der Waals surface area contributed by atoms with Crippen molar-refractivity contribution >= 4 is 0 Å². The van der Waals surface area contributed by atoms with Crippen LogP contribution in [0.4, 0.5) is 4.39 Å². The summed E-state index contributed by atoms with van der Waals surface area (Å²) in [6.07, 6.45) is 1.17. The number of nitrogens with zero attached hydrogens (tertiary/aromatic N) is 2. The van der Waals surface area contributed by atoms with Crippen molar-refractivity contribution < 1.29 is 4.39 Å². The topological polar surface area (TPSA) is 6.48 Å². The van der Waals surface area contributed by atoms with Gasteiger partial charge in [-0.05, 0) is 32.6 Å². The van der Waals surface area contributed by atoms with Gasteiger partial charge in [-0.15, -0.1) is 0 Å². The fourth-order valence-electron chi connectivity index (χ4n) is 2.13. The van der Waals surface area contributed by atoms with E-state index in [0.717, 1.165) is 38.3 Å². The number of halogens is 1. The minimum atomic E-state index is -0.0832. The molecule has 1 saturated heterocycles. The highest BCUT2D eigenvalue weighted by atomic mass is 19.1. The zero-order valence-corrected chi connectivity index (χ0v) is 9.82. The minimum Gasteiger partial charge on any atom is -0.305 e. The summed E-state index contributed by atoms with van der Waals surface area (Å²) < 4.78 is 13.5. The van der Waals surface area contributed by atoms with Crippen molar-refractivity contribution in [3.63, 3.8) is 0 Å². The molecule has 1 aromatic carbocycles. The van der Waals surface area contributed by atoms with Crippen LogP contribution in [0.25, 0.3) is 0 Å². The summed E-state index contributed by atoms with van der Waals surface area (Å²) in [6, 6.07) is 7.07. The van der Waals surface area contributed by atoms with Gasteiger partial charge in [0.2, 0.25) is 0 Å². The van der Waals surface area contributed by atoms with E-state index >= 15 is 0 Å². The van der Waals surface area contributed by atoms with Crippen LogP contribution in [-0.4, -0.2) is 43.0 Å². The third-order valence-electron chi connectivity index (χ3n) is 3.16. The average Bonchev–Trinajstić information content (AvgIpc) is 2.47. The van der Waals surface area contributed by atoms with E-state index in [2.05, 4.69) is 16.8 Å². The molecule has 0 unspecified atom stereocenters. The Morgan fingerprint density at radius 2 is 1.94 bits per heavy atom. The average molecular weight is 222 g/mol. The summed E-state index contributed by atoms with van der Waals surface area (Å²) in [4.78, 5) is 4.67. The first kappa shape index (κ1) is 11.6. The molecule has 0 radical (unpaired) electrons. The molecule has 1 aliphatic rings. The fraction of sp³-hybridized carbons (Fsp3) is 0.538. The van der Waals surface area contributed by atoms with Gasteiger partial charge in [0.15, 0.2) is 0 Å².